The summed E-state index contributed by atoms with van der Waals surface area (Å²) < 4.78 is 28.0. The third kappa shape index (κ3) is 2.75. The lowest BCUT2D eigenvalue weighted by Gasteiger charge is -2.30. The lowest BCUT2D eigenvalue weighted by Crippen LogP contribution is -2.43. The predicted octanol–water partition coefficient (Wildman–Crippen LogP) is 2.84. The zero-order valence-corrected chi connectivity index (χ0v) is 16.1. The van der Waals surface area contributed by atoms with Gasteiger partial charge in [0.15, 0.2) is 0 Å². The molecule has 1 aliphatic heterocycles. The lowest BCUT2D eigenvalue weighted by atomic mass is 10.2. The van der Waals surface area contributed by atoms with Gasteiger partial charge in [-0.1, -0.05) is 24.3 Å². The number of para-hydroxylation sites is 1. The van der Waals surface area contributed by atoms with Gasteiger partial charge in [0.05, 0.1) is 11.0 Å². The molecule has 0 spiro atoms. The Hall–Kier alpha value is -2.90. The molecule has 6 nitrogen and oxygen atoms in total. The van der Waals surface area contributed by atoms with Crippen LogP contribution in [0.25, 0.3) is 21.8 Å². The van der Waals surface area contributed by atoms with Crippen LogP contribution in [0, 0.1) is 0 Å². The quantitative estimate of drug-likeness (QED) is 0.581. The third-order valence-corrected chi connectivity index (χ3v) is 6.91. The normalized spacial score (nSPS) is 15.4. The molecule has 0 saturated carbocycles. The van der Waals surface area contributed by atoms with Crippen molar-refractivity contribution in [2.75, 3.05) is 31.1 Å². The number of nitrogens with one attached hydrogen (secondary N) is 1. The second-order valence-electron chi connectivity index (χ2n) is 6.93. The summed E-state index contributed by atoms with van der Waals surface area (Å²) in [5, 5.41) is 5.10. The number of hydrogen-bond acceptors (Lipinski definition) is 5. The Morgan fingerprint density at radius 2 is 1.79 bits per heavy atom. The summed E-state index contributed by atoms with van der Waals surface area (Å²) in [5.74, 6) is 0. The largest absolute Gasteiger partial charge is 0.368 e. The van der Waals surface area contributed by atoms with Crippen molar-refractivity contribution in [1.29, 1.82) is 0 Å². The number of benzene rings is 2. The van der Waals surface area contributed by atoms with Gasteiger partial charge in [-0.05, 0) is 30.3 Å². The third-order valence-electron chi connectivity index (χ3n) is 5.25. The van der Waals surface area contributed by atoms with Crippen LogP contribution in [-0.4, -0.2) is 43.6 Å². The van der Waals surface area contributed by atoms with Gasteiger partial charge in [0.1, 0.15) is 4.90 Å². The van der Waals surface area contributed by atoms with Crippen molar-refractivity contribution in [1.82, 2.24) is 14.3 Å². The van der Waals surface area contributed by atoms with E-state index in [0.717, 1.165) is 48.2 Å². The summed E-state index contributed by atoms with van der Waals surface area (Å²) in [4.78, 5) is 6.81. The number of pyridine rings is 1. The molecule has 2 aromatic heterocycles. The van der Waals surface area contributed by atoms with E-state index in [9.17, 15) is 8.42 Å². The van der Waals surface area contributed by atoms with Gasteiger partial charge in [0.2, 0.25) is 0 Å². The smallest absolute Gasteiger partial charge is 0.269 e. The molecular weight excluding hydrogens is 372 g/mol. The number of nitrogens with zero attached hydrogens (tertiary/aromatic N) is 3. The molecule has 2 aromatic carbocycles. The van der Waals surface area contributed by atoms with Gasteiger partial charge in [-0.25, -0.2) is 12.4 Å². The summed E-state index contributed by atoms with van der Waals surface area (Å²) in [6.45, 7) is 3.67. The average molecular weight is 392 g/mol. The maximum absolute atomic E-state index is 13.3. The molecule has 3 heterocycles. The van der Waals surface area contributed by atoms with E-state index in [4.69, 9.17) is 0 Å². The van der Waals surface area contributed by atoms with Crippen molar-refractivity contribution in [3.63, 3.8) is 0 Å². The Bertz CT molecular complexity index is 1270. The lowest BCUT2D eigenvalue weighted by molar-refractivity contribution is 0.588. The van der Waals surface area contributed by atoms with Crippen molar-refractivity contribution in [3.05, 3.63) is 67.0 Å². The molecule has 1 N–H and O–H groups in total. The van der Waals surface area contributed by atoms with Gasteiger partial charge in [-0.2, -0.15) is 0 Å². The van der Waals surface area contributed by atoms with Gasteiger partial charge in [0.25, 0.3) is 10.0 Å². The van der Waals surface area contributed by atoms with E-state index in [0.29, 0.717) is 5.52 Å². The maximum Gasteiger partial charge on any atom is 0.269 e. The van der Waals surface area contributed by atoms with Crippen LogP contribution in [0.1, 0.15) is 0 Å². The first-order valence-electron chi connectivity index (χ1n) is 9.31. The van der Waals surface area contributed by atoms with Crippen LogP contribution in [-0.2, 0) is 10.0 Å². The molecule has 0 radical (unpaired) electrons. The van der Waals surface area contributed by atoms with Crippen LogP contribution in [0.2, 0.25) is 0 Å². The van der Waals surface area contributed by atoms with Gasteiger partial charge < -0.3 is 10.2 Å². The second-order valence-corrected chi connectivity index (χ2v) is 8.74. The van der Waals surface area contributed by atoms with E-state index >= 15 is 0 Å². The second kappa shape index (κ2) is 6.61. The van der Waals surface area contributed by atoms with Crippen molar-refractivity contribution in [3.8, 4) is 0 Å². The molecule has 7 heteroatoms. The van der Waals surface area contributed by atoms with Crippen LogP contribution in [0.3, 0.4) is 0 Å². The van der Waals surface area contributed by atoms with Gasteiger partial charge in [0, 0.05) is 55.0 Å². The Morgan fingerprint density at radius 3 is 2.64 bits per heavy atom. The highest BCUT2D eigenvalue weighted by molar-refractivity contribution is 7.90. The van der Waals surface area contributed by atoms with E-state index in [1.807, 2.05) is 42.5 Å². The van der Waals surface area contributed by atoms with Gasteiger partial charge in [-0.15, -0.1) is 0 Å². The fraction of sp³-hybridized carbons (Fsp3) is 0.190. The molecule has 1 fully saturated rings. The van der Waals surface area contributed by atoms with Crippen LogP contribution >= 0.6 is 0 Å². The number of rotatable bonds is 3. The van der Waals surface area contributed by atoms with Crippen molar-refractivity contribution < 1.29 is 8.42 Å². The number of fused-ring (bicyclic) bond motifs is 2. The molecule has 1 saturated heterocycles. The van der Waals surface area contributed by atoms with E-state index in [1.54, 1.807) is 12.3 Å². The molecule has 5 rings (SSSR count). The Kier molecular flexibility index (Phi) is 4.07. The molecule has 0 amide bonds. The summed E-state index contributed by atoms with van der Waals surface area (Å²) in [6, 6.07) is 16.9. The first-order valence-corrected chi connectivity index (χ1v) is 10.7. The fourth-order valence-corrected chi connectivity index (χ4v) is 5.15. The van der Waals surface area contributed by atoms with Crippen molar-refractivity contribution in [2.45, 2.75) is 4.90 Å². The van der Waals surface area contributed by atoms with Crippen molar-refractivity contribution >= 4 is 37.5 Å². The molecule has 0 aliphatic carbocycles. The average Bonchev–Trinajstić information content (AvgIpc) is 3.19. The molecule has 1 aliphatic rings. The molecule has 4 aromatic rings. The minimum atomic E-state index is -3.74. The van der Waals surface area contributed by atoms with Gasteiger partial charge >= 0.3 is 0 Å². The van der Waals surface area contributed by atoms with Crippen LogP contribution in [0.4, 0.5) is 5.69 Å². The molecule has 28 heavy (non-hydrogen) atoms. The minimum absolute atomic E-state index is 0.191. The van der Waals surface area contributed by atoms with Crippen molar-refractivity contribution in [2.24, 2.45) is 0 Å². The van der Waals surface area contributed by atoms with E-state index < -0.39 is 10.0 Å². The maximum atomic E-state index is 13.3. The minimum Gasteiger partial charge on any atom is -0.368 e. The highest BCUT2D eigenvalue weighted by Gasteiger charge is 2.22. The monoisotopic (exact) mass is 392 g/mol. The molecule has 142 valence electrons. The number of anilines is 1. The molecule has 0 unspecified atom stereocenters. The summed E-state index contributed by atoms with van der Waals surface area (Å²) in [7, 11) is -3.74. The first-order chi connectivity index (χ1) is 13.6. The molecule has 0 bridgehead atoms. The standard InChI is InChI=1S/C21H20N4O2S/c26-28(27,17-14-16-4-1-2-5-19(16)23-15-17)25-11-8-18-20(6-3-7-21(18)25)24-12-9-22-10-13-24/h1-8,11,14-15,22H,9-10,12-13H2. The topological polar surface area (TPSA) is 67.2 Å². The zero-order chi connectivity index (χ0) is 19.1. The molecule has 0 atom stereocenters. The highest BCUT2D eigenvalue weighted by atomic mass is 32.2. The summed E-state index contributed by atoms with van der Waals surface area (Å²) >= 11 is 0. The zero-order valence-electron chi connectivity index (χ0n) is 15.2. The Balaban J connectivity index is 1.63. The number of hydrogen-bond donors (Lipinski definition) is 1. The summed E-state index contributed by atoms with van der Waals surface area (Å²) in [6.07, 6.45) is 3.07. The van der Waals surface area contributed by atoms with Crippen LogP contribution in [0.5, 0.6) is 0 Å². The fourth-order valence-electron chi connectivity index (χ4n) is 3.82. The Labute approximate surface area is 163 Å². The molecular formula is C21H20N4O2S. The summed E-state index contributed by atoms with van der Waals surface area (Å²) in [5.41, 5.74) is 2.54. The number of piperazine rings is 1. The first kappa shape index (κ1) is 17.2. The van der Waals surface area contributed by atoms with E-state index in [1.165, 1.54) is 10.2 Å². The SMILES string of the molecule is O=S(=O)(c1cnc2ccccc2c1)n1ccc2c(N3CCNCC3)cccc21. The number of aromatic nitrogens is 2. The predicted molar refractivity (Wildman–Crippen MR) is 111 cm³/mol. The Morgan fingerprint density at radius 1 is 0.964 bits per heavy atom. The van der Waals surface area contributed by atoms with Gasteiger partial charge in [-0.3, -0.25) is 4.98 Å². The highest BCUT2D eigenvalue weighted by Crippen LogP contribution is 2.30. The van der Waals surface area contributed by atoms with Crippen LogP contribution in [0.15, 0.2) is 71.9 Å². The van der Waals surface area contributed by atoms with Crippen LogP contribution < -0.4 is 10.2 Å². The van der Waals surface area contributed by atoms with E-state index in [-0.39, 0.29) is 4.90 Å². The van der Waals surface area contributed by atoms with E-state index in [2.05, 4.69) is 21.3 Å².